The fourth-order valence-corrected chi connectivity index (χ4v) is 3.67. The van der Waals surface area contributed by atoms with Crippen LogP contribution < -0.4 is 5.32 Å². The van der Waals surface area contributed by atoms with E-state index in [2.05, 4.69) is 32.2 Å². The first kappa shape index (κ1) is 15.5. The normalized spacial score (nSPS) is 27.6. The molecule has 1 saturated carbocycles. The van der Waals surface area contributed by atoms with Gasteiger partial charge in [-0.25, -0.2) is 4.39 Å². The Morgan fingerprint density at radius 3 is 2.60 bits per heavy atom. The van der Waals surface area contributed by atoms with Crippen LogP contribution in [0.15, 0.2) is 24.3 Å². The molecule has 1 nitrogen and oxygen atoms in total. The zero-order chi connectivity index (χ0) is 14.8. The van der Waals surface area contributed by atoms with Crippen molar-refractivity contribution >= 4 is 0 Å². The second-order valence-electron chi connectivity index (χ2n) is 7.36. The summed E-state index contributed by atoms with van der Waals surface area (Å²) in [5.41, 5.74) is 1.52. The van der Waals surface area contributed by atoms with Crippen molar-refractivity contribution < 1.29 is 4.39 Å². The number of hydrogen-bond acceptors (Lipinski definition) is 1. The third-order valence-corrected chi connectivity index (χ3v) is 4.96. The van der Waals surface area contributed by atoms with E-state index in [9.17, 15) is 4.39 Å². The number of nitrogens with one attached hydrogen (secondary N) is 1. The highest BCUT2D eigenvalue weighted by molar-refractivity contribution is 5.22. The summed E-state index contributed by atoms with van der Waals surface area (Å²) in [4.78, 5) is 0. The lowest BCUT2D eigenvalue weighted by Gasteiger charge is -2.42. The molecule has 1 N–H and O–H groups in total. The van der Waals surface area contributed by atoms with Crippen molar-refractivity contribution in [1.82, 2.24) is 5.32 Å². The lowest BCUT2D eigenvalue weighted by Crippen LogP contribution is -2.34. The third kappa shape index (κ3) is 3.60. The Labute approximate surface area is 123 Å². The molecule has 2 rings (SSSR count). The summed E-state index contributed by atoms with van der Waals surface area (Å²) < 4.78 is 13.6. The molecule has 0 saturated heterocycles. The Kier molecular flexibility index (Phi) is 4.85. The maximum absolute atomic E-state index is 13.6. The van der Waals surface area contributed by atoms with Crippen LogP contribution in [-0.2, 0) is 0 Å². The second-order valence-corrected chi connectivity index (χ2v) is 7.36. The van der Waals surface area contributed by atoms with Gasteiger partial charge in [0.15, 0.2) is 0 Å². The van der Waals surface area contributed by atoms with Crippen LogP contribution in [0.4, 0.5) is 4.39 Å². The number of halogens is 1. The van der Waals surface area contributed by atoms with Gasteiger partial charge in [0, 0.05) is 0 Å². The summed E-state index contributed by atoms with van der Waals surface area (Å²) in [6.07, 6.45) is 3.71. The van der Waals surface area contributed by atoms with Crippen LogP contribution in [0.25, 0.3) is 0 Å². The molecule has 0 aliphatic heterocycles. The van der Waals surface area contributed by atoms with Gasteiger partial charge in [0.25, 0.3) is 0 Å². The van der Waals surface area contributed by atoms with Gasteiger partial charge in [-0.1, -0.05) is 32.9 Å². The largest absolute Gasteiger partial charge is 0.319 e. The topological polar surface area (TPSA) is 12.0 Å². The third-order valence-electron chi connectivity index (χ3n) is 4.96. The molecule has 1 aliphatic carbocycles. The average Bonchev–Trinajstić information content (AvgIpc) is 2.38. The average molecular weight is 277 g/mol. The van der Waals surface area contributed by atoms with Gasteiger partial charge in [0.2, 0.25) is 0 Å². The van der Waals surface area contributed by atoms with E-state index in [-0.39, 0.29) is 5.82 Å². The zero-order valence-electron chi connectivity index (χ0n) is 13.2. The van der Waals surface area contributed by atoms with E-state index in [0.717, 1.165) is 12.5 Å². The van der Waals surface area contributed by atoms with Gasteiger partial charge in [-0.3, -0.25) is 0 Å². The van der Waals surface area contributed by atoms with Crippen molar-refractivity contribution in [3.63, 3.8) is 0 Å². The Balaban J connectivity index is 2.23. The molecule has 1 aromatic rings. The Hall–Kier alpha value is -0.890. The molecule has 2 heteroatoms. The van der Waals surface area contributed by atoms with Crippen LogP contribution in [0.2, 0.25) is 0 Å². The summed E-state index contributed by atoms with van der Waals surface area (Å²) >= 11 is 0. The highest BCUT2D eigenvalue weighted by Crippen LogP contribution is 2.46. The predicted octanol–water partition coefficient (Wildman–Crippen LogP) is 4.59. The van der Waals surface area contributed by atoms with Gasteiger partial charge < -0.3 is 5.32 Å². The number of rotatable bonds is 3. The molecule has 1 fully saturated rings. The quantitative estimate of drug-likeness (QED) is 0.852. The minimum atomic E-state index is -0.108. The molecule has 1 aromatic carbocycles. The minimum Gasteiger partial charge on any atom is -0.319 e. The Morgan fingerprint density at radius 1 is 1.25 bits per heavy atom. The van der Waals surface area contributed by atoms with Crippen molar-refractivity contribution in [3.05, 3.63) is 35.6 Å². The monoisotopic (exact) mass is 277 g/mol. The summed E-state index contributed by atoms with van der Waals surface area (Å²) in [5, 5.41) is 3.31. The molecule has 0 heterocycles. The molecule has 112 valence electrons. The van der Waals surface area contributed by atoms with Gasteiger partial charge in [0.05, 0.1) is 0 Å². The van der Waals surface area contributed by atoms with Gasteiger partial charge in [-0.2, -0.15) is 0 Å². The molecule has 0 spiro atoms. The van der Waals surface area contributed by atoms with E-state index in [4.69, 9.17) is 0 Å². The molecule has 0 bridgehead atoms. The van der Waals surface area contributed by atoms with Gasteiger partial charge in [-0.15, -0.1) is 0 Å². The zero-order valence-corrected chi connectivity index (χ0v) is 13.2. The first-order valence-electron chi connectivity index (χ1n) is 7.82. The molecule has 3 atom stereocenters. The van der Waals surface area contributed by atoms with E-state index < -0.39 is 0 Å². The molecule has 0 aromatic heterocycles. The first-order chi connectivity index (χ1) is 9.41. The van der Waals surface area contributed by atoms with Crippen molar-refractivity contribution in [1.29, 1.82) is 0 Å². The van der Waals surface area contributed by atoms with Crippen LogP contribution in [0.5, 0.6) is 0 Å². The van der Waals surface area contributed by atoms with Crippen LogP contribution in [0.3, 0.4) is 0 Å². The molecular weight excluding hydrogens is 249 g/mol. The molecule has 1 aliphatic rings. The summed E-state index contributed by atoms with van der Waals surface area (Å²) in [7, 11) is 2.01. The second kappa shape index (κ2) is 6.26. The van der Waals surface area contributed by atoms with Crippen LogP contribution in [-0.4, -0.2) is 13.6 Å². The maximum Gasteiger partial charge on any atom is 0.123 e. The molecule has 0 radical (unpaired) electrons. The molecule has 0 amide bonds. The summed E-state index contributed by atoms with van der Waals surface area (Å²) in [6, 6.07) is 7.22. The van der Waals surface area contributed by atoms with Crippen LogP contribution >= 0.6 is 0 Å². The highest BCUT2D eigenvalue weighted by atomic mass is 19.1. The predicted molar refractivity (Wildman–Crippen MR) is 83.4 cm³/mol. The van der Waals surface area contributed by atoms with E-state index in [1.165, 1.54) is 24.8 Å². The summed E-state index contributed by atoms with van der Waals surface area (Å²) in [5.74, 6) is 1.73. The number of hydrogen-bond donors (Lipinski definition) is 1. The van der Waals surface area contributed by atoms with Crippen LogP contribution in [0.1, 0.15) is 51.5 Å². The van der Waals surface area contributed by atoms with Crippen LogP contribution in [0, 0.1) is 23.1 Å². The minimum absolute atomic E-state index is 0.108. The van der Waals surface area contributed by atoms with Crippen molar-refractivity contribution in [2.75, 3.05) is 13.6 Å². The highest BCUT2D eigenvalue weighted by Gasteiger charge is 2.36. The molecular formula is C18H28FN. The lowest BCUT2D eigenvalue weighted by molar-refractivity contribution is 0.130. The fraction of sp³-hybridized carbons (Fsp3) is 0.667. The maximum atomic E-state index is 13.6. The van der Waals surface area contributed by atoms with E-state index in [1.54, 1.807) is 12.1 Å². The fourth-order valence-electron chi connectivity index (χ4n) is 3.67. The lowest BCUT2D eigenvalue weighted by atomic mass is 9.64. The Morgan fingerprint density at radius 2 is 2.00 bits per heavy atom. The SMILES string of the molecule is CNCC1CCC(C(C)(C)C)CC1c1cccc(F)c1. The first-order valence-corrected chi connectivity index (χ1v) is 7.82. The van der Waals surface area contributed by atoms with Crippen molar-refractivity contribution in [2.45, 2.75) is 46.0 Å². The number of benzene rings is 1. The van der Waals surface area contributed by atoms with E-state index in [0.29, 0.717) is 17.3 Å². The van der Waals surface area contributed by atoms with E-state index >= 15 is 0 Å². The smallest absolute Gasteiger partial charge is 0.123 e. The van der Waals surface area contributed by atoms with Gasteiger partial charge in [0.1, 0.15) is 5.82 Å². The summed E-state index contributed by atoms with van der Waals surface area (Å²) in [6.45, 7) is 8.02. The standard InChI is InChI=1S/C18H28FN/c1-18(2,3)15-9-8-14(12-20-4)17(11-15)13-6-5-7-16(19)10-13/h5-7,10,14-15,17,20H,8-9,11-12H2,1-4H3. The molecule has 20 heavy (non-hydrogen) atoms. The molecule has 3 unspecified atom stereocenters. The van der Waals surface area contributed by atoms with Gasteiger partial charge >= 0.3 is 0 Å². The van der Waals surface area contributed by atoms with E-state index in [1.807, 2.05) is 13.1 Å². The van der Waals surface area contributed by atoms with Gasteiger partial charge in [-0.05, 0) is 73.7 Å². The Bertz CT molecular complexity index is 435. The van der Waals surface area contributed by atoms with Crippen molar-refractivity contribution in [2.24, 2.45) is 17.3 Å². The van der Waals surface area contributed by atoms with Crippen molar-refractivity contribution in [3.8, 4) is 0 Å².